The number of ether oxygens (including phenoxy) is 1. The Hall–Kier alpha value is -2.61. The van der Waals surface area contributed by atoms with Crippen LogP contribution in [-0.2, 0) is 9.53 Å². The van der Waals surface area contributed by atoms with Crippen molar-refractivity contribution in [3.8, 4) is 0 Å². The van der Waals surface area contributed by atoms with Gasteiger partial charge in [-0.15, -0.1) is 11.8 Å². The Morgan fingerprint density at radius 1 is 1.35 bits per heavy atom. The molecule has 0 aliphatic rings. The zero-order valence-corrected chi connectivity index (χ0v) is 15.6. The Labute approximate surface area is 155 Å². The normalized spacial score (nSPS) is 10.9. The van der Waals surface area contributed by atoms with Crippen LogP contribution >= 0.6 is 11.8 Å². The van der Waals surface area contributed by atoms with Crippen LogP contribution in [0.5, 0.6) is 0 Å². The van der Waals surface area contributed by atoms with E-state index in [0.717, 1.165) is 11.8 Å². The van der Waals surface area contributed by atoms with Crippen molar-refractivity contribution >= 4 is 29.9 Å². The largest absolute Gasteiger partial charge is 0.462 e. The lowest BCUT2D eigenvalue weighted by atomic mass is 10.1. The van der Waals surface area contributed by atoms with Gasteiger partial charge in [-0.05, 0) is 38.5 Å². The molecule has 2 rings (SSSR count). The van der Waals surface area contributed by atoms with Crippen LogP contribution in [0.2, 0.25) is 0 Å². The third-order valence-corrected chi connectivity index (χ3v) is 4.58. The Bertz CT molecular complexity index is 833. The van der Waals surface area contributed by atoms with Crippen molar-refractivity contribution in [2.45, 2.75) is 25.7 Å². The molecular formula is C18H20FN3O3S. The fourth-order valence-corrected chi connectivity index (χ4v) is 3.05. The number of aromatic nitrogens is 1. The van der Waals surface area contributed by atoms with Gasteiger partial charge in [-0.1, -0.05) is 12.1 Å². The lowest BCUT2D eigenvalue weighted by Crippen LogP contribution is -2.19. The van der Waals surface area contributed by atoms with Crippen molar-refractivity contribution in [3.05, 3.63) is 52.6 Å². The number of halogens is 1. The summed E-state index contributed by atoms with van der Waals surface area (Å²) in [6, 6.07) is 6.25. The van der Waals surface area contributed by atoms with Gasteiger partial charge in [0.2, 0.25) is 5.91 Å². The molecule has 8 heteroatoms. The summed E-state index contributed by atoms with van der Waals surface area (Å²) in [5.41, 5.74) is 4.82. The molecule has 0 saturated heterocycles. The maximum atomic E-state index is 13.5. The van der Waals surface area contributed by atoms with E-state index in [1.165, 1.54) is 12.3 Å². The summed E-state index contributed by atoms with van der Waals surface area (Å²) in [4.78, 5) is 27.2. The van der Waals surface area contributed by atoms with Crippen LogP contribution < -0.4 is 5.43 Å². The molecule has 1 amide bonds. The zero-order valence-electron chi connectivity index (χ0n) is 14.8. The fourth-order valence-electron chi connectivity index (χ4n) is 2.32. The van der Waals surface area contributed by atoms with Crippen molar-refractivity contribution in [1.82, 2.24) is 10.4 Å². The Morgan fingerprint density at radius 2 is 2.08 bits per heavy atom. The number of hydrogen-bond acceptors (Lipinski definition) is 5. The van der Waals surface area contributed by atoms with Crippen molar-refractivity contribution in [1.29, 1.82) is 0 Å². The Balaban J connectivity index is 1.94. The smallest absolute Gasteiger partial charge is 0.340 e. The van der Waals surface area contributed by atoms with Gasteiger partial charge in [0.1, 0.15) is 5.82 Å². The number of nitrogens with zero attached hydrogens (tertiary/aromatic N) is 1. The monoisotopic (exact) mass is 377 g/mol. The molecule has 26 heavy (non-hydrogen) atoms. The number of benzene rings is 1. The summed E-state index contributed by atoms with van der Waals surface area (Å²) in [6.07, 6.45) is 1.43. The second-order valence-electron chi connectivity index (χ2n) is 5.40. The van der Waals surface area contributed by atoms with E-state index in [-0.39, 0.29) is 17.5 Å². The third kappa shape index (κ3) is 4.95. The molecule has 0 aliphatic carbocycles. The van der Waals surface area contributed by atoms with Gasteiger partial charge in [-0.25, -0.2) is 14.6 Å². The highest BCUT2D eigenvalue weighted by Gasteiger charge is 2.18. The number of H-pyrrole nitrogens is 1. The van der Waals surface area contributed by atoms with Gasteiger partial charge in [0.15, 0.2) is 0 Å². The molecule has 1 aromatic carbocycles. The average Bonchev–Trinajstić information content (AvgIpc) is 2.88. The number of carbonyl (C=O) groups is 2. The molecule has 6 nitrogen and oxygen atoms in total. The van der Waals surface area contributed by atoms with Crippen LogP contribution in [0.3, 0.4) is 0 Å². The van der Waals surface area contributed by atoms with Crippen molar-refractivity contribution in [2.24, 2.45) is 5.10 Å². The summed E-state index contributed by atoms with van der Waals surface area (Å²) >= 11 is 1.09. The highest BCUT2D eigenvalue weighted by atomic mass is 32.2. The summed E-state index contributed by atoms with van der Waals surface area (Å²) in [5.74, 6) is -1.09. The number of aromatic amines is 1. The van der Waals surface area contributed by atoms with Crippen LogP contribution in [0.4, 0.5) is 4.39 Å². The Kier molecular flexibility index (Phi) is 6.97. The number of rotatable bonds is 7. The highest BCUT2D eigenvalue weighted by Crippen LogP contribution is 2.20. The van der Waals surface area contributed by atoms with Gasteiger partial charge in [-0.3, -0.25) is 4.79 Å². The number of carbonyl (C=O) groups excluding carboxylic acids is 2. The molecule has 0 fully saturated rings. The maximum Gasteiger partial charge on any atom is 0.340 e. The predicted octanol–water partition coefficient (Wildman–Crippen LogP) is 3.19. The van der Waals surface area contributed by atoms with Crippen LogP contribution in [0.25, 0.3) is 0 Å². The standard InChI is InChI=1S/C18H20FN3O3S/c1-4-25-18(24)17-11(2)14(21-12(17)3)9-20-22-16(23)10-26-15-8-6-5-7-13(15)19/h5-9,21H,4,10H2,1-3H3,(H,22,23)/b20-9+. The predicted molar refractivity (Wildman–Crippen MR) is 99.1 cm³/mol. The van der Waals surface area contributed by atoms with Crippen molar-refractivity contribution in [2.75, 3.05) is 12.4 Å². The molecule has 0 radical (unpaired) electrons. The van der Waals surface area contributed by atoms with E-state index in [1.54, 1.807) is 39.0 Å². The summed E-state index contributed by atoms with van der Waals surface area (Å²) in [5, 5.41) is 3.88. The first kappa shape index (κ1) is 19.7. The van der Waals surface area contributed by atoms with E-state index < -0.39 is 5.97 Å². The summed E-state index contributed by atoms with van der Waals surface area (Å²) in [7, 11) is 0. The van der Waals surface area contributed by atoms with Crippen LogP contribution in [0.15, 0.2) is 34.3 Å². The summed E-state index contributed by atoms with van der Waals surface area (Å²) < 4.78 is 18.5. The molecule has 2 N–H and O–H groups in total. The average molecular weight is 377 g/mol. The number of esters is 1. The molecule has 0 bridgehead atoms. The number of hydrazone groups is 1. The number of hydrogen-bond donors (Lipinski definition) is 2. The highest BCUT2D eigenvalue weighted by molar-refractivity contribution is 8.00. The molecule has 1 aromatic heterocycles. The molecule has 2 aromatic rings. The van der Waals surface area contributed by atoms with E-state index in [1.807, 2.05) is 0 Å². The van der Waals surface area contributed by atoms with Gasteiger partial charge in [-0.2, -0.15) is 5.10 Å². The zero-order chi connectivity index (χ0) is 19.1. The molecule has 0 saturated carbocycles. The van der Waals surface area contributed by atoms with Gasteiger partial charge in [0, 0.05) is 10.6 Å². The van der Waals surface area contributed by atoms with Crippen LogP contribution in [-0.4, -0.2) is 35.4 Å². The minimum Gasteiger partial charge on any atom is -0.462 e. The first-order chi connectivity index (χ1) is 12.4. The topological polar surface area (TPSA) is 83.6 Å². The van der Waals surface area contributed by atoms with Crippen LogP contribution in [0.1, 0.15) is 34.2 Å². The first-order valence-electron chi connectivity index (χ1n) is 7.99. The molecule has 0 spiro atoms. The van der Waals surface area contributed by atoms with Gasteiger partial charge in [0.25, 0.3) is 0 Å². The maximum absolute atomic E-state index is 13.5. The van der Waals surface area contributed by atoms with E-state index in [2.05, 4.69) is 15.5 Å². The third-order valence-electron chi connectivity index (χ3n) is 3.53. The minimum absolute atomic E-state index is 0.0368. The second kappa shape index (κ2) is 9.19. The summed E-state index contributed by atoms with van der Waals surface area (Å²) in [6.45, 7) is 5.57. The molecule has 1 heterocycles. The van der Waals surface area contributed by atoms with E-state index in [9.17, 15) is 14.0 Å². The molecule has 0 atom stereocenters. The van der Waals surface area contributed by atoms with Crippen molar-refractivity contribution < 1.29 is 18.7 Å². The van der Waals surface area contributed by atoms with Gasteiger partial charge >= 0.3 is 5.97 Å². The number of amides is 1. The fraction of sp³-hybridized carbons (Fsp3) is 0.278. The SMILES string of the molecule is CCOC(=O)c1c(C)[nH]c(/C=N/NC(=O)CSc2ccccc2F)c1C. The van der Waals surface area contributed by atoms with Crippen molar-refractivity contribution in [3.63, 3.8) is 0 Å². The second-order valence-corrected chi connectivity index (χ2v) is 6.41. The molecule has 0 unspecified atom stereocenters. The van der Waals surface area contributed by atoms with E-state index in [0.29, 0.717) is 34.0 Å². The first-order valence-corrected chi connectivity index (χ1v) is 8.98. The lowest BCUT2D eigenvalue weighted by molar-refractivity contribution is -0.118. The minimum atomic E-state index is -0.399. The molecular weight excluding hydrogens is 357 g/mol. The van der Waals surface area contributed by atoms with Gasteiger partial charge in [0.05, 0.1) is 29.8 Å². The van der Waals surface area contributed by atoms with Gasteiger partial charge < -0.3 is 9.72 Å². The van der Waals surface area contributed by atoms with Crippen LogP contribution in [0, 0.1) is 19.7 Å². The quantitative estimate of drug-likeness (QED) is 0.336. The lowest BCUT2D eigenvalue weighted by Gasteiger charge is -2.02. The Morgan fingerprint density at radius 3 is 2.77 bits per heavy atom. The molecule has 0 aliphatic heterocycles. The molecule has 138 valence electrons. The number of thioether (sulfide) groups is 1. The number of aryl methyl sites for hydroxylation is 1. The van der Waals surface area contributed by atoms with E-state index >= 15 is 0 Å². The van der Waals surface area contributed by atoms with E-state index in [4.69, 9.17) is 4.74 Å². The number of nitrogens with one attached hydrogen (secondary N) is 2.